The van der Waals surface area contributed by atoms with Crippen molar-refractivity contribution in [2.45, 2.75) is 0 Å². The lowest BCUT2D eigenvalue weighted by molar-refractivity contribution is 1.07. The van der Waals surface area contributed by atoms with Crippen molar-refractivity contribution in [3.8, 4) is 56.5 Å². The zero-order valence-electron chi connectivity index (χ0n) is 23.2. The van der Waals surface area contributed by atoms with Crippen LogP contribution in [0.5, 0.6) is 0 Å². The van der Waals surface area contributed by atoms with Crippen LogP contribution in [0.25, 0.3) is 73.0 Å². The van der Waals surface area contributed by atoms with E-state index in [1.54, 1.807) is 0 Å². The van der Waals surface area contributed by atoms with E-state index >= 15 is 0 Å². The van der Waals surface area contributed by atoms with Gasteiger partial charge in [-0.1, -0.05) is 109 Å². The summed E-state index contributed by atoms with van der Waals surface area (Å²) in [5.41, 5.74) is 7.84. The van der Waals surface area contributed by atoms with Gasteiger partial charge < -0.3 is 4.40 Å². The highest BCUT2D eigenvalue weighted by Crippen LogP contribution is 2.37. The molecule has 202 valence electrons. The number of hydrogen-bond acceptors (Lipinski definition) is 4. The highest BCUT2D eigenvalue weighted by Gasteiger charge is 2.17. The molecule has 0 fully saturated rings. The maximum atomic E-state index is 5.06. The van der Waals surface area contributed by atoms with Gasteiger partial charge in [-0.3, -0.25) is 0 Å². The van der Waals surface area contributed by atoms with Crippen LogP contribution in [0.15, 0.2) is 152 Å². The molecule has 0 amide bonds. The molecule has 0 aliphatic heterocycles. The first-order valence-electron chi connectivity index (χ1n) is 14.2. The summed E-state index contributed by atoms with van der Waals surface area (Å²) in [6.07, 6.45) is 4.09. The summed E-state index contributed by atoms with van der Waals surface area (Å²) in [5.74, 6) is 1.91. The maximum Gasteiger partial charge on any atom is 0.164 e. The van der Waals surface area contributed by atoms with Crippen LogP contribution in [0.3, 0.4) is 0 Å². The lowest BCUT2D eigenvalue weighted by atomic mass is 9.93. The first kappa shape index (κ1) is 24.8. The molecule has 0 saturated carbocycles. The molecule has 3 heterocycles. The van der Waals surface area contributed by atoms with Crippen molar-refractivity contribution in [2.75, 3.05) is 0 Å². The zero-order chi connectivity index (χ0) is 28.6. The summed E-state index contributed by atoms with van der Waals surface area (Å²) in [6.45, 7) is 0. The standard InChI is InChI=1S/C38H25N5/c1-3-12-26(13-4-1)36-40-37(27-14-5-2-6-15-27)42-38(41-36)33-24-29-17-8-7-16-28(29)23-32(33)30-18-11-19-31(22-30)34-25-43-21-10-9-20-35(43)39-34/h1-25H. The molecule has 5 heteroatoms. The average molecular weight is 552 g/mol. The second kappa shape index (κ2) is 10.5. The largest absolute Gasteiger partial charge is 0.306 e. The molecule has 8 aromatic rings. The smallest absolute Gasteiger partial charge is 0.164 e. The van der Waals surface area contributed by atoms with E-state index in [2.05, 4.69) is 66.9 Å². The van der Waals surface area contributed by atoms with Gasteiger partial charge in [-0.25, -0.2) is 19.9 Å². The van der Waals surface area contributed by atoms with E-state index in [1.807, 2.05) is 89.5 Å². The van der Waals surface area contributed by atoms with Gasteiger partial charge in [-0.2, -0.15) is 0 Å². The van der Waals surface area contributed by atoms with E-state index in [-0.39, 0.29) is 0 Å². The van der Waals surface area contributed by atoms with Gasteiger partial charge in [-0.05, 0) is 52.2 Å². The first-order valence-corrected chi connectivity index (χ1v) is 14.2. The van der Waals surface area contributed by atoms with Crippen LogP contribution in [0.1, 0.15) is 0 Å². The van der Waals surface area contributed by atoms with Gasteiger partial charge in [-0.15, -0.1) is 0 Å². The van der Waals surface area contributed by atoms with Crippen molar-refractivity contribution in [1.29, 1.82) is 0 Å². The number of benzene rings is 5. The number of fused-ring (bicyclic) bond motifs is 2. The summed E-state index contributed by atoms with van der Waals surface area (Å²) >= 11 is 0. The Balaban J connectivity index is 1.35. The number of pyridine rings is 1. The van der Waals surface area contributed by atoms with E-state index in [0.717, 1.165) is 55.5 Å². The Bertz CT molecular complexity index is 2150. The number of hydrogen-bond donors (Lipinski definition) is 0. The van der Waals surface area contributed by atoms with Crippen molar-refractivity contribution in [2.24, 2.45) is 0 Å². The molecule has 0 unspecified atom stereocenters. The second-order valence-electron chi connectivity index (χ2n) is 10.5. The molecule has 0 N–H and O–H groups in total. The fourth-order valence-electron chi connectivity index (χ4n) is 5.51. The third-order valence-electron chi connectivity index (χ3n) is 7.66. The Morgan fingerprint density at radius 1 is 0.395 bits per heavy atom. The number of nitrogens with zero attached hydrogens (tertiary/aromatic N) is 5. The quantitative estimate of drug-likeness (QED) is 0.214. The molecule has 0 saturated heterocycles. The molecule has 8 rings (SSSR count). The molecule has 0 aliphatic carbocycles. The van der Waals surface area contributed by atoms with Crippen LogP contribution in [0.4, 0.5) is 0 Å². The molecule has 43 heavy (non-hydrogen) atoms. The molecular formula is C38H25N5. The predicted molar refractivity (Wildman–Crippen MR) is 173 cm³/mol. The van der Waals surface area contributed by atoms with E-state index in [1.165, 1.54) is 0 Å². The minimum atomic E-state index is 0.631. The predicted octanol–water partition coefficient (Wildman–Crippen LogP) is 9.01. The van der Waals surface area contributed by atoms with Crippen LogP contribution >= 0.6 is 0 Å². The Hall–Kier alpha value is -5.94. The summed E-state index contributed by atoms with van der Waals surface area (Å²) in [5, 5.41) is 2.28. The van der Waals surface area contributed by atoms with Crippen molar-refractivity contribution in [1.82, 2.24) is 24.3 Å². The van der Waals surface area contributed by atoms with Crippen molar-refractivity contribution >= 4 is 16.4 Å². The Morgan fingerprint density at radius 2 is 0.953 bits per heavy atom. The van der Waals surface area contributed by atoms with Crippen LogP contribution in [0.2, 0.25) is 0 Å². The van der Waals surface area contributed by atoms with E-state index in [4.69, 9.17) is 19.9 Å². The molecule has 3 aromatic heterocycles. The highest BCUT2D eigenvalue weighted by molar-refractivity contribution is 5.96. The molecule has 0 radical (unpaired) electrons. The normalized spacial score (nSPS) is 11.3. The average Bonchev–Trinajstić information content (AvgIpc) is 3.53. The monoisotopic (exact) mass is 551 g/mol. The van der Waals surface area contributed by atoms with Crippen molar-refractivity contribution < 1.29 is 0 Å². The number of aromatic nitrogens is 5. The van der Waals surface area contributed by atoms with Gasteiger partial charge in [0, 0.05) is 34.6 Å². The van der Waals surface area contributed by atoms with Gasteiger partial charge in [0.1, 0.15) is 5.65 Å². The summed E-state index contributed by atoms with van der Waals surface area (Å²) in [4.78, 5) is 19.9. The molecule has 5 aromatic carbocycles. The lowest BCUT2D eigenvalue weighted by Gasteiger charge is -2.14. The Morgan fingerprint density at radius 3 is 1.63 bits per heavy atom. The van der Waals surface area contributed by atoms with Crippen LogP contribution in [0, 0.1) is 0 Å². The number of imidazole rings is 1. The maximum absolute atomic E-state index is 5.06. The van der Waals surface area contributed by atoms with Crippen LogP contribution < -0.4 is 0 Å². The highest BCUT2D eigenvalue weighted by atomic mass is 15.0. The summed E-state index contributed by atoms with van der Waals surface area (Å²) in [7, 11) is 0. The fourth-order valence-corrected chi connectivity index (χ4v) is 5.51. The van der Waals surface area contributed by atoms with Crippen molar-refractivity contribution in [3.05, 3.63) is 152 Å². The lowest BCUT2D eigenvalue weighted by Crippen LogP contribution is -2.01. The third-order valence-corrected chi connectivity index (χ3v) is 7.66. The third kappa shape index (κ3) is 4.73. The van der Waals surface area contributed by atoms with Crippen LogP contribution in [-0.4, -0.2) is 24.3 Å². The molecule has 0 atom stereocenters. The fraction of sp³-hybridized carbons (Fsp3) is 0. The van der Waals surface area contributed by atoms with Gasteiger partial charge >= 0.3 is 0 Å². The van der Waals surface area contributed by atoms with Crippen LogP contribution in [-0.2, 0) is 0 Å². The van der Waals surface area contributed by atoms with Gasteiger partial charge in [0.05, 0.1) is 5.69 Å². The summed E-state index contributed by atoms with van der Waals surface area (Å²) in [6, 6.07) is 47.6. The molecule has 0 bridgehead atoms. The first-order chi connectivity index (χ1) is 21.3. The van der Waals surface area contributed by atoms with Gasteiger partial charge in [0.25, 0.3) is 0 Å². The Labute approximate surface area is 248 Å². The molecular weight excluding hydrogens is 526 g/mol. The van der Waals surface area contributed by atoms with Gasteiger partial charge in [0.2, 0.25) is 0 Å². The number of rotatable bonds is 5. The SMILES string of the molecule is c1ccc(-c2nc(-c3ccccc3)nc(-c3cc4ccccc4cc3-c3cccc(-c4cn5ccccc5n4)c3)n2)cc1. The van der Waals surface area contributed by atoms with E-state index in [9.17, 15) is 0 Å². The topological polar surface area (TPSA) is 56.0 Å². The Kier molecular flexibility index (Phi) is 6.05. The van der Waals surface area contributed by atoms with E-state index in [0.29, 0.717) is 17.5 Å². The molecule has 0 aliphatic rings. The zero-order valence-corrected chi connectivity index (χ0v) is 23.2. The minimum Gasteiger partial charge on any atom is -0.306 e. The van der Waals surface area contributed by atoms with Crippen molar-refractivity contribution in [3.63, 3.8) is 0 Å². The van der Waals surface area contributed by atoms with E-state index < -0.39 is 0 Å². The van der Waals surface area contributed by atoms with Gasteiger partial charge in [0.15, 0.2) is 17.5 Å². The molecule has 0 spiro atoms. The second-order valence-corrected chi connectivity index (χ2v) is 10.5. The minimum absolute atomic E-state index is 0.631. The molecule has 5 nitrogen and oxygen atoms in total. The summed E-state index contributed by atoms with van der Waals surface area (Å²) < 4.78 is 2.05.